The maximum Gasteiger partial charge on any atom is 0.250 e. The Labute approximate surface area is 126 Å². The van der Waals surface area contributed by atoms with E-state index in [0.717, 1.165) is 4.90 Å². The lowest BCUT2D eigenvalue weighted by Crippen LogP contribution is -2.11. The molecule has 1 aromatic carbocycles. The van der Waals surface area contributed by atoms with Crippen LogP contribution in [0.2, 0.25) is 0 Å². The molecule has 0 saturated carbocycles. The second-order valence-electron chi connectivity index (χ2n) is 4.24. The van der Waals surface area contributed by atoms with E-state index < -0.39 is 0 Å². The van der Waals surface area contributed by atoms with Gasteiger partial charge in [0.05, 0.1) is 0 Å². The zero-order valence-corrected chi connectivity index (χ0v) is 12.1. The number of hydrogen-bond donors (Lipinski definition) is 3. The predicted octanol–water partition coefficient (Wildman–Crippen LogP) is 2.82. The molecule has 3 N–H and O–H groups in total. The molecule has 0 atom stereocenters. The first-order chi connectivity index (χ1) is 10.0. The van der Waals surface area contributed by atoms with Gasteiger partial charge in [0.2, 0.25) is 5.88 Å². The molecule has 0 unspecified atom stereocenters. The molecule has 0 aliphatic heterocycles. The maximum atomic E-state index is 11.5. The van der Waals surface area contributed by atoms with Crippen LogP contribution in [-0.4, -0.2) is 21.2 Å². The molecule has 1 aromatic heterocycles. The van der Waals surface area contributed by atoms with Crippen molar-refractivity contribution in [2.45, 2.75) is 11.8 Å². The molecule has 0 spiro atoms. The Morgan fingerprint density at radius 1 is 1.19 bits per heavy atom. The van der Waals surface area contributed by atoms with Crippen molar-refractivity contribution in [1.82, 2.24) is 10.2 Å². The summed E-state index contributed by atoms with van der Waals surface area (Å²) in [6, 6.07) is 10.4. The van der Waals surface area contributed by atoms with Crippen LogP contribution in [0.1, 0.15) is 6.92 Å². The van der Waals surface area contributed by atoms with Crippen molar-refractivity contribution in [2.75, 3.05) is 10.0 Å². The number of carbonyl (C=O) groups excluding carboxylic acids is 1. The van der Waals surface area contributed by atoms with Gasteiger partial charge in [-0.3, -0.25) is 4.79 Å². The Hall–Kier alpha value is -2.54. The SMILES string of the molecule is C=C(C)C(=O)Nc1ccc(SNc2ccc(O)nn2)cc1. The van der Waals surface area contributed by atoms with Crippen LogP contribution in [0.25, 0.3) is 0 Å². The van der Waals surface area contributed by atoms with Gasteiger partial charge < -0.3 is 15.1 Å². The zero-order chi connectivity index (χ0) is 15.2. The molecule has 0 aliphatic rings. The topological polar surface area (TPSA) is 87.1 Å². The predicted molar refractivity (Wildman–Crippen MR) is 83.1 cm³/mol. The largest absolute Gasteiger partial charge is 0.492 e. The monoisotopic (exact) mass is 302 g/mol. The minimum atomic E-state index is -0.201. The first-order valence-electron chi connectivity index (χ1n) is 6.07. The van der Waals surface area contributed by atoms with Gasteiger partial charge in [0, 0.05) is 22.2 Å². The fourth-order valence-electron chi connectivity index (χ4n) is 1.33. The Kier molecular flexibility index (Phi) is 4.78. The van der Waals surface area contributed by atoms with Crippen LogP contribution in [0.3, 0.4) is 0 Å². The highest BCUT2D eigenvalue weighted by atomic mass is 32.2. The van der Waals surface area contributed by atoms with Crippen LogP contribution in [0.15, 0.2) is 53.4 Å². The minimum Gasteiger partial charge on any atom is -0.492 e. The summed E-state index contributed by atoms with van der Waals surface area (Å²) in [5.41, 5.74) is 1.16. The van der Waals surface area contributed by atoms with Crippen molar-refractivity contribution in [2.24, 2.45) is 0 Å². The third-order valence-electron chi connectivity index (χ3n) is 2.42. The summed E-state index contributed by atoms with van der Waals surface area (Å²) in [6.45, 7) is 5.24. The quantitative estimate of drug-likeness (QED) is 0.581. The fraction of sp³-hybridized carbons (Fsp3) is 0.0714. The van der Waals surface area contributed by atoms with E-state index in [1.807, 2.05) is 12.1 Å². The molecule has 0 fully saturated rings. The van der Waals surface area contributed by atoms with Crippen molar-refractivity contribution >= 4 is 29.4 Å². The molecule has 1 heterocycles. The number of anilines is 2. The normalized spacial score (nSPS) is 9.95. The Bertz CT molecular complexity index is 641. The third kappa shape index (κ3) is 4.50. The third-order valence-corrected chi connectivity index (χ3v) is 3.24. The van der Waals surface area contributed by atoms with Gasteiger partial charge in [-0.25, -0.2) is 0 Å². The van der Waals surface area contributed by atoms with Gasteiger partial charge in [-0.1, -0.05) is 6.58 Å². The molecular weight excluding hydrogens is 288 g/mol. The summed E-state index contributed by atoms with van der Waals surface area (Å²) in [6.07, 6.45) is 0. The van der Waals surface area contributed by atoms with Crippen LogP contribution in [-0.2, 0) is 4.79 Å². The van der Waals surface area contributed by atoms with E-state index in [9.17, 15) is 4.79 Å². The van der Waals surface area contributed by atoms with Crippen molar-refractivity contribution in [1.29, 1.82) is 0 Å². The van der Waals surface area contributed by atoms with Crippen LogP contribution >= 0.6 is 11.9 Å². The minimum absolute atomic E-state index is 0.122. The fourth-order valence-corrected chi connectivity index (χ4v) is 1.94. The van der Waals surface area contributed by atoms with Crippen molar-refractivity contribution < 1.29 is 9.90 Å². The second-order valence-corrected chi connectivity index (χ2v) is 5.12. The van der Waals surface area contributed by atoms with E-state index >= 15 is 0 Å². The summed E-state index contributed by atoms with van der Waals surface area (Å²) < 4.78 is 3.00. The number of nitrogens with zero attached hydrogens (tertiary/aromatic N) is 2. The Morgan fingerprint density at radius 2 is 1.90 bits per heavy atom. The van der Waals surface area contributed by atoms with Gasteiger partial charge in [0.1, 0.15) is 0 Å². The van der Waals surface area contributed by atoms with E-state index in [2.05, 4.69) is 26.8 Å². The van der Waals surface area contributed by atoms with E-state index in [0.29, 0.717) is 17.1 Å². The zero-order valence-electron chi connectivity index (χ0n) is 11.3. The number of benzene rings is 1. The highest BCUT2D eigenvalue weighted by molar-refractivity contribution is 8.00. The van der Waals surface area contributed by atoms with Crippen molar-refractivity contribution in [3.05, 3.63) is 48.6 Å². The molecular formula is C14H14N4O2S. The maximum absolute atomic E-state index is 11.5. The number of aromatic hydroxyl groups is 1. The van der Waals surface area contributed by atoms with Gasteiger partial charge in [-0.15, -0.1) is 10.2 Å². The van der Waals surface area contributed by atoms with Crippen LogP contribution in [0, 0.1) is 0 Å². The molecule has 2 rings (SSSR count). The van der Waals surface area contributed by atoms with E-state index in [1.165, 1.54) is 18.0 Å². The molecule has 2 aromatic rings. The van der Waals surface area contributed by atoms with Gasteiger partial charge in [-0.2, -0.15) is 0 Å². The number of carbonyl (C=O) groups is 1. The summed E-state index contributed by atoms with van der Waals surface area (Å²) in [7, 11) is 0. The molecule has 0 radical (unpaired) electrons. The van der Waals surface area contributed by atoms with Gasteiger partial charge in [-0.05, 0) is 49.2 Å². The molecule has 0 saturated heterocycles. The van der Waals surface area contributed by atoms with Gasteiger partial charge in [0.15, 0.2) is 5.82 Å². The van der Waals surface area contributed by atoms with E-state index in [-0.39, 0.29) is 11.8 Å². The molecule has 0 bridgehead atoms. The van der Waals surface area contributed by atoms with Gasteiger partial charge in [0.25, 0.3) is 5.91 Å². The van der Waals surface area contributed by atoms with Crippen LogP contribution < -0.4 is 10.0 Å². The highest BCUT2D eigenvalue weighted by Crippen LogP contribution is 2.22. The molecule has 1 amide bonds. The second kappa shape index (κ2) is 6.76. The lowest BCUT2D eigenvalue weighted by Gasteiger charge is -2.07. The standard InChI is InChI=1S/C14H14N4O2S/c1-9(2)14(20)15-10-3-5-11(6-4-10)21-18-12-7-8-13(19)17-16-12/h3-8H,1H2,2H3,(H,15,20)(H,16,18)(H,17,19). The Balaban J connectivity index is 1.91. The summed E-state index contributed by atoms with van der Waals surface area (Å²) in [4.78, 5) is 12.4. The number of aromatic nitrogens is 2. The number of amides is 1. The average Bonchev–Trinajstić information content (AvgIpc) is 2.48. The number of hydrogen-bond acceptors (Lipinski definition) is 6. The van der Waals surface area contributed by atoms with Crippen LogP contribution in [0.4, 0.5) is 11.5 Å². The smallest absolute Gasteiger partial charge is 0.250 e. The average molecular weight is 302 g/mol. The van der Waals surface area contributed by atoms with E-state index in [1.54, 1.807) is 25.1 Å². The van der Waals surface area contributed by atoms with Gasteiger partial charge >= 0.3 is 0 Å². The molecule has 0 aliphatic carbocycles. The summed E-state index contributed by atoms with van der Waals surface area (Å²) in [5.74, 6) is 0.216. The summed E-state index contributed by atoms with van der Waals surface area (Å²) >= 11 is 1.35. The first-order valence-corrected chi connectivity index (χ1v) is 6.89. The van der Waals surface area contributed by atoms with Crippen LogP contribution in [0.5, 0.6) is 5.88 Å². The molecule has 7 heteroatoms. The molecule has 108 valence electrons. The molecule has 21 heavy (non-hydrogen) atoms. The molecule has 6 nitrogen and oxygen atoms in total. The van der Waals surface area contributed by atoms with E-state index in [4.69, 9.17) is 5.11 Å². The summed E-state index contributed by atoms with van der Waals surface area (Å²) in [5, 5.41) is 19.1. The van der Waals surface area contributed by atoms with Crippen molar-refractivity contribution in [3.63, 3.8) is 0 Å². The number of rotatable bonds is 5. The van der Waals surface area contributed by atoms with Crippen molar-refractivity contribution in [3.8, 4) is 5.88 Å². The first kappa shape index (κ1) is 14.9. The number of nitrogens with one attached hydrogen (secondary N) is 2. The Morgan fingerprint density at radius 3 is 2.48 bits per heavy atom. The lowest BCUT2D eigenvalue weighted by atomic mass is 10.3. The highest BCUT2D eigenvalue weighted by Gasteiger charge is 2.03. The lowest BCUT2D eigenvalue weighted by molar-refractivity contribution is -0.112.